The van der Waals surface area contributed by atoms with Crippen molar-refractivity contribution in [1.29, 1.82) is 0 Å². The number of nitrogens with one attached hydrogen (secondary N) is 1. The summed E-state index contributed by atoms with van der Waals surface area (Å²) < 4.78 is 17.6. The third-order valence-electron chi connectivity index (χ3n) is 3.96. The maximum Gasteiger partial charge on any atom is 0.224 e. The molecule has 6 heteroatoms. The number of fused-ring (bicyclic) bond motifs is 1. The number of benzene rings is 2. The molecule has 5 nitrogen and oxygen atoms in total. The first-order valence-corrected chi connectivity index (χ1v) is 9.45. The molecule has 1 aliphatic heterocycles. The number of hydrogen-bond donors (Lipinski definition) is 1. The van der Waals surface area contributed by atoms with Gasteiger partial charge in [-0.25, -0.2) is 0 Å². The topological polar surface area (TPSA) is 56.8 Å². The first-order valence-electron chi connectivity index (χ1n) is 8.66. The van der Waals surface area contributed by atoms with Gasteiger partial charge in [-0.15, -0.1) is 0 Å². The molecule has 26 heavy (non-hydrogen) atoms. The number of hydrogen-bond acceptors (Lipinski definition) is 4. The van der Waals surface area contributed by atoms with E-state index in [9.17, 15) is 4.79 Å². The predicted molar refractivity (Wildman–Crippen MR) is 103 cm³/mol. The van der Waals surface area contributed by atoms with E-state index in [0.29, 0.717) is 37.9 Å². The zero-order valence-corrected chi connectivity index (χ0v) is 16.3. The molecule has 1 aliphatic rings. The van der Waals surface area contributed by atoms with Gasteiger partial charge in [0.2, 0.25) is 5.91 Å². The van der Waals surface area contributed by atoms with Crippen LogP contribution in [0.3, 0.4) is 0 Å². The summed E-state index contributed by atoms with van der Waals surface area (Å²) >= 11 is 3.49. The molecule has 0 aromatic heterocycles. The van der Waals surface area contributed by atoms with Crippen molar-refractivity contribution in [2.24, 2.45) is 0 Å². The third-order valence-corrected chi connectivity index (χ3v) is 4.70. The lowest BCUT2D eigenvalue weighted by Gasteiger charge is -2.19. The van der Waals surface area contributed by atoms with Crippen LogP contribution in [0.5, 0.6) is 17.2 Å². The monoisotopic (exact) mass is 419 g/mol. The zero-order chi connectivity index (χ0) is 18.4. The molecule has 0 saturated carbocycles. The van der Waals surface area contributed by atoms with Crippen LogP contribution in [-0.4, -0.2) is 32.3 Å². The first-order chi connectivity index (χ1) is 12.6. The van der Waals surface area contributed by atoms with Crippen molar-refractivity contribution in [3.63, 3.8) is 0 Å². The quantitative estimate of drug-likeness (QED) is 0.695. The third kappa shape index (κ3) is 5.14. The Kier molecular flexibility index (Phi) is 6.39. The highest BCUT2D eigenvalue weighted by Gasteiger charge is 2.16. The van der Waals surface area contributed by atoms with Gasteiger partial charge in [-0.1, -0.05) is 28.1 Å². The maximum atomic E-state index is 12.2. The highest BCUT2D eigenvalue weighted by Crippen LogP contribution is 2.35. The average Bonchev–Trinajstić information content (AvgIpc) is 2.62. The highest BCUT2D eigenvalue weighted by molar-refractivity contribution is 9.10. The standard InChI is InChI=1S/C20H22BrNO4/c1-14-4-2-5-16(10-14)24-7-3-6-22-20(23)12-15-11-18-19(13-17(15)21)26-9-8-25-18/h2,4-5,10-11,13H,3,6-9,12H2,1H3,(H,22,23). The predicted octanol–water partition coefficient (Wildman–Crippen LogP) is 3.66. The molecular weight excluding hydrogens is 398 g/mol. The van der Waals surface area contributed by atoms with Gasteiger partial charge in [0.05, 0.1) is 13.0 Å². The molecule has 0 saturated heterocycles. The second-order valence-electron chi connectivity index (χ2n) is 6.13. The van der Waals surface area contributed by atoms with Crippen molar-refractivity contribution >= 4 is 21.8 Å². The smallest absolute Gasteiger partial charge is 0.224 e. The van der Waals surface area contributed by atoms with Gasteiger partial charge in [-0.05, 0) is 48.7 Å². The zero-order valence-electron chi connectivity index (χ0n) is 14.7. The minimum Gasteiger partial charge on any atom is -0.494 e. The summed E-state index contributed by atoms with van der Waals surface area (Å²) in [6.45, 7) is 4.25. The van der Waals surface area contributed by atoms with Crippen LogP contribution in [0.2, 0.25) is 0 Å². The molecule has 3 rings (SSSR count). The molecule has 1 heterocycles. The minimum absolute atomic E-state index is 0.0297. The van der Waals surface area contributed by atoms with Gasteiger partial charge >= 0.3 is 0 Å². The molecule has 2 aromatic rings. The molecule has 1 N–H and O–H groups in total. The van der Waals surface area contributed by atoms with Gasteiger partial charge in [0.15, 0.2) is 11.5 Å². The molecule has 0 atom stereocenters. The average molecular weight is 420 g/mol. The first kappa shape index (κ1) is 18.6. The number of halogens is 1. The Morgan fingerprint density at radius 3 is 2.73 bits per heavy atom. The Balaban J connectivity index is 1.41. The molecule has 0 unspecified atom stereocenters. The van der Waals surface area contributed by atoms with Crippen LogP contribution in [0.1, 0.15) is 17.5 Å². The summed E-state index contributed by atoms with van der Waals surface area (Å²) in [5, 5.41) is 2.92. The number of ether oxygens (including phenoxy) is 3. The fourth-order valence-corrected chi connectivity index (χ4v) is 3.13. The summed E-state index contributed by atoms with van der Waals surface area (Å²) in [6.07, 6.45) is 1.04. The molecule has 0 spiro atoms. The summed E-state index contributed by atoms with van der Waals surface area (Å²) in [5.74, 6) is 2.23. The second kappa shape index (κ2) is 8.94. The van der Waals surface area contributed by atoms with Gasteiger partial charge in [-0.2, -0.15) is 0 Å². The molecule has 0 radical (unpaired) electrons. The van der Waals surface area contributed by atoms with Crippen molar-refractivity contribution in [2.75, 3.05) is 26.4 Å². The molecular formula is C20H22BrNO4. The minimum atomic E-state index is -0.0297. The lowest BCUT2D eigenvalue weighted by atomic mass is 10.1. The number of carbonyl (C=O) groups is 1. The Morgan fingerprint density at radius 1 is 1.19 bits per heavy atom. The van der Waals surface area contributed by atoms with Crippen LogP contribution in [-0.2, 0) is 11.2 Å². The van der Waals surface area contributed by atoms with Gasteiger partial charge < -0.3 is 19.5 Å². The SMILES string of the molecule is Cc1cccc(OCCCNC(=O)Cc2cc3c(cc2Br)OCCO3)c1. The van der Waals surface area contributed by atoms with Gasteiger partial charge in [-0.3, -0.25) is 4.79 Å². The summed E-state index contributed by atoms with van der Waals surface area (Å²) in [4.78, 5) is 12.2. The van der Waals surface area contributed by atoms with Crippen LogP contribution >= 0.6 is 15.9 Å². The van der Waals surface area contributed by atoms with Crippen molar-refractivity contribution in [3.8, 4) is 17.2 Å². The van der Waals surface area contributed by atoms with Crippen molar-refractivity contribution in [1.82, 2.24) is 5.32 Å². The summed E-state index contributed by atoms with van der Waals surface area (Å²) in [6, 6.07) is 11.6. The van der Waals surface area contributed by atoms with Crippen LogP contribution in [0.4, 0.5) is 0 Å². The van der Waals surface area contributed by atoms with Crippen LogP contribution in [0.15, 0.2) is 40.9 Å². The van der Waals surface area contributed by atoms with Gasteiger partial charge in [0.1, 0.15) is 19.0 Å². The molecule has 0 bridgehead atoms. The highest BCUT2D eigenvalue weighted by atomic mass is 79.9. The molecule has 138 valence electrons. The van der Waals surface area contributed by atoms with Crippen molar-refractivity contribution < 1.29 is 19.0 Å². The molecule has 0 aliphatic carbocycles. The van der Waals surface area contributed by atoms with E-state index in [0.717, 1.165) is 22.2 Å². The summed E-state index contributed by atoms with van der Waals surface area (Å²) in [7, 11) is 0. The van der Waals surface area contributed by atoms with E-state index in [4.69, 9.17) is 14.2 Å². The van der Waals surface area contributed by atoms with E-state index >= 15 is 0 Å². The van der Waals surface area contributed by atoms with Crippen LogP contribution in [0.25, 0.3) is 0 Å². The van der Waals surface area contributed by atoms with Crippen molar-refractivity contribution in [2.45, 2.75) is 19.8 Å². The van der Waals surface area contributed by atoms with Crippen LogP contribution < -0.4 is 19.5 Å². The maximum absolute atomic E-state index is 12.2. The Bertz CT molecular complexity index is 778. The molecule has 2 aromatic carbocycles. The van der Waals surface area contributed by atoms with E-state index < -0.39 is 0 Å². The van der Waals surface area contributed by atoms with E-state index in [1.54, 1.807) is 0 Å². The lowest BCUT2D eigenvalue weighted by molar-refractivity contribution is -0.120. The fraction of sp³-hybridized carbons (Fsp3) is 0.350. The normalized spacial score (nSPS) is 12.5. The number of carbonyl (C=O) groups excluding carboxylic acids is 1. The lowest BCUT2D eigenvalue weighted by Crippen LogP contribution is -2.27. The van der Waals surface area contributed by atoms with E-state index in [2.05, 4.69) is 21.2 Å². The number of aryl methyl sites for hydroxylation is 1. The van der Waals surface area contributed by atoms with E-state index in [-0.39, 0.29) is 12.3 Å². The summed E-state index contributed by atoms with van der Waals surface area (Å²) in [5.41, 5.74) is 2.04. The Hall–Kier alpha value is -2.21. The van der Waals surface area contributed by atoms with Gasteiger partial charge in [0, 0.05) is 11.0 Å². The van der Waals surface area contributed by atoms with Crippen molar-refractivity contribution in [3.05, 3.63) is 52.0 Å². The second-order valence-corrected chi connectivity index (χ2v) is 6.99. The number of rotatable bonds is 7. The van der Waals surface area contributed by atoms with Gasteiger partial charge in [0.25, 0.3) is 0 Å². The molecule has 0 fully saturated rings. The number of amides is 1. The Labute approximate surface area is 161 Å². The van der Waals surface area contributed by atoms with Crippen LogP contribution in [0, 0.1) is 6.92 Å². The Morgan fingerprint density at radius 2 is 1.96 bits per heavy atom. The largest absolute Gasteiger partial charge is 0.494 e. The van der Waals surface area contributed by atoms with E-state index in [1.807, 2.05) is 43.3 Å². The van der Waals surface area contributed by atoms with E-state index in [1.165, 1.54) is 5.56 Å². The fourth-order valence-electron chi connectivity index (χ4n) is 2.67. The molecule has 1 amide bonds.